The van der Waals surface area contributed by atoms with Crippen molar-refractivity contribution in [1.29, 1.82) is 0 Å². The second-order valence-corrected chi connectivity index (χ2v) is 8.14. The van der Waals surface area contributed by atoms with E-state index in [2.05, 4.69) is 15.1 Å². The van der Waals surface area contributed by atoms with Gasteiger partial charge in [-0.05, 0) is 69.1 Å². The fourth-order valence-electron chi connectivity index (χ4n) is 4.02. The van der Waals surface area contributed by atoms with Crippen LogP contribution in [0.1, 0.15) is 55.8 Å². The predicted molar refractivity (Wildman–Crippen MR) is 118 cm³/mol. The van der Waals surface area contributed by atoms with E-state index in [0.29, 0.717) is 23.8 Å². The first-order valence-electron chi connectivity index (χ1n) is 10.7. The molecule has 0 radical (unpaired) electrons. The minimum atomic E-state index is -0.326. The number of benzene rings is 1. The molecular formula is C22H31N3O3S. The second kappa shape index (κ2) is 10.6. The van der Waals surface area contributed by atoms with Gasteiger partial charge in [0, 0.05) is 31.9 Å². The molecule has 29 heavy (non-hydrogen) atoms. The number of carbonyl (C=O) groups excluding carboxylic acids is 2. The van der Waals surface area contributed by atoms with Crippen molar-refractivity contribution in [1.82, 2.24) is 9.80 Å². The Morgan fingerprint density at radius 3 is 2.34 bits per heavy atom. The second-order valence-electron chi connectivity index (χ2n) is 7.75. The number of likely N-dealkylation sites (tertiary alicyclic amines) is 2. The maximum absolute atomic E-state index is 13.0. The standard InChI is InChI=1S/C22H31N3O3S/c1-2-28-21(27)17-9-11-19(12-10-17)23-22(29)25-15-7-8-18(16-25)20(26)24-13-5-3-4-6-14-24/h9-12,18H,2-8,13-16H2,1H3,(H,23,29)/t18-/m0/s1. The van der Waals surface area contributed by atoms with Crippen LogP contribution in [0, 0.1) is 5.92 Å². The third kappa shape index (κ3) is 5.92. The Hall–Kier alpha value is -2.15. The van der Waals surface area contributed by atoms with Crippen LogP contribution in [0.25, 0.3) is 0 Å². The molecule has 2 saturated heterocycles. The first-order valence-corrected chi connectivity index (χ1v) is 11.1. The predicted octanol–water partition coefficient (Wildman–Crippen LogP) is 3.67. The molecule has 0 aliphatic carbocycles. The van der Waals surface area contributed by atoms with Gasteiger partial charge in [0.25, 0.3) is 0 Å². The molecule has 1 amide bonds. The average molecular weight is 418 g/mol. The highest BCUT2D eigenvalue weighted by Gasteiger charge is 2.30. The van der Waals surface area contributed by atoms with Crippen LogP contribution in [0.15, 0.2) is 24.3 Å². The SMILES string of the molecule is CCOC(=O)c1ccc(NC(=S)N2CCC[C@H](C(=O)N3CCCCCC3)C2)cc1. The van der Waals surface area contributed by atoms with Gasteiger partial charge in [0.1, 0.15) is 0 Å². The molecule has 158 valence electrons. The van der Waals surface area contributed by atoms with E-state index in [4.69, 9.17) is 17.0 Å². The van der Waals surface area contributed by atoms with Crippen molar-refractivity contribution in [3.8, 4) is 0 Å². The molecule has 3 rings (SSSR count). The van der Waals surface area contributed by atoms with Gasteiger partial charge in [0.15, 0.2) is 5.11 Å². The lowest BCUT2D eigenvalue weighted by Gasteiger charge is -2.36. The number of carbonyl (C=O) groups is 2. The lowest BCUT2D eigenvalue weighted by atomic mass is 9.96. The lowest BCUT2D eigenvalue weighted by molar-refractivity contribution is -0.136. The maximum atomic E-state index is 13.0. The number of rotatable bonds is 4. The van der Waals surface area contributed by atoms with Crippen molar-refractivity contribution >= 4 is 34.9 Å². The van der Waals surface area contributed by atoms with Gasteiger partial charge in [-0.1, -0.05) is 12.8 Å². The fourth-order valence-corrected chi connectivity index (χ4v) is 4.30. The van der Waals surface area contributed by atoms with E-state index in [1.807, 2.05) is 12.1 Å². The normalized spacial score (nSPS) is 20.0. The van der Waals surface area contributed by atoms with Crippen molar-refractivity contribution in [2.75, 3.05) is 38.1 Å². The summed E-state index contributed by atoms with van der Waals surface area (Å²) in [6.07, 6.45) is 6.58. The highest BCUT2D eigenvalue weighted by Crippen LogP contribution is 2.22. The number of hydrogen-bond donors (Lipinski definition) is 1. The van der Waals surface area contributed by atoms with Crippen LogP contribution in [0.5, 0.6) is 0 Å². The summed E-state index contributed by atoms with van der Waals surface area (Å²) in [6.45, 7) is 5.46. The van der Waals surface area contributed by atoms with Crippen molar-refractivity contribution in [2.24, 2.45) is 5.92 Å². The zero-order valence-corrected chi connectivity index (χ0v) is 18.0. The number of thiocarbonyl (C=S) groups is 1. The Labute approximate surface area is 178 Å². The molecule has 0 saturated carbocycles. The summed E-state index contributed by atoms with van der Waals surface area (Å²) in [7, 11) is 0. The number of esters is 1. The number of nitrogens with one attached hydrogen (secondary N) is 1. The molecule has 2 heterocycles. The van der Waals surface area contributed by atoms with Gasteiger partial charge in [0.2, 0.25) is 5.91 Å². The average Bonchev–Trinajstić information content (AvgIpc) is 3.03. The topological polar surface area (TPSA) is 61.9 Å². The van der Waals surface area contributed by atoms with Gasteiger partial charge in [-0.15, -0.1) is 0 Å². The zero-order valence-electron chi connectivity index (χ0n) is 17.2. The smallest absolute Gasteiger partial charge is 0.338 e. The number of piperidine rings is 1. The van der Waals surface area contributed by atoms with E-state index in [-0.39, 0.29) is 17.8 Å². The maximum Gasteiger partial charge on any atom is 0.338 e. The van der Waals surface area contributed by atoms with Crippen LogP contribution in [-0.4, -0.2) is 59.6 Å². The molecule has 0 spiro atoms. The molecular weight excluding hydrogens is 386 g/mol. The van der Waals surface area contributed by atoms with E-state index < -0.39 is 0 Å². The van der Waals surface area contributed by atoms with Crippen molar-refractivity contribution in [3.63, 3.8) is 0 Å². The van der Waals surface area contributed by atoms with Crippen LogP contribution < -0.4 is 5.32 Å². The minimum Gasteiger partial charge on any atom is -0.462 e. The third-order valence-electron chi connectivity index (χ3n) is 5.62. The molecule has 7 heteroatoms. The van der Waals surface area contributed by atoms with Gasteiger partial charge >= 0.3 is 5.97 Å². The van der Waals surface area contributed by atoms with Gasteiger partial charge in [-0.2, -0.15) is 0 Å². The van der Waals surface area contributed by atoms with Crippen molar-refractivity contribution in [2.45, 2.75) is 45.4 Å². The largest absolute Gasteiger partial charge is 0.462 e. The zero-order chi connectivity index (χ0) is 20.6. The minimum absolute atomic E-state index is 0.0211. The van der Waals surface area contributed by atoms with Gasteiger partial charge in [-0.25, -0.2) is 4.79 Å². The number of amides is 1. The van der Waals surface area contributed by atoms with Gasteiger partial charge in [-0.3, -0.25) is 4.79 Å². The van der Waals surface area contributed by atoms with Crippen LogP contribution in [0.4, 0.5) is 5.69 Å². The van der Waals surface area contributed by atoms with Crippen LogP contribution >= 0.6 is 12.2 Å². The summed E-state index contributed by atoms with van der Waals surface area (Å²) in [5.41, 5.74) is 1.34. The summed E-state index contributed by atoms with van der Waals surface area (Å²) < 4.78 is 5.01. The summed E-state index contributed by atoms with van der Waals surface area (Å²) in [5, 5.41) is 3.87. The Bertz CT molecular complexity index is 715. The molecule has 0 bridgehead atoms. The van der Waals surface area contributed by atoms with Gasteiger partial charge < -0.3 is 19.9 Å². The Kier molecular flexibility index (Phi) is 7.86. The number of ether oxygens (including phenoxy) is 1. The highest BCUT2D eigenvalue weighted by atomic mass is 32.1. The fraction of sp³-hybridized carbons (Fsp3) is 0.591. The summed E-state index contributed by atoms with van der Waals surface area (Å²) in [6, 6.07) is 7.10. The molecule has 1 aromatic rings. The number of hydrogen-bond acceptors (Lipinski definition) is 4. The van der Waals surface area contributed by atoms with Crippen LogP contribution in [0.2, 0.25) is 0 Å². The Balaban J connectivity index is 1.55. The van der Waals surface area contributed by atoms with Gasteiger partial charge in [0.05, 0.1) is 18.1 Å². The van der Waals surface area contributed by atoms with E-state index >= 15 is 0 Å². The van der Waals surface area contributed by atoms with E-state index in [9.17, 15) is 9.59 Å². The highest BCUT2D eigenvalue weighted by molar-refractivity contribution is 7.80. The lowest BCUT2D eigenvalue weighted by Crippen LogP contribution is -2.48. The molecule has 2 aliphatic rings. The van der Waals surface area contributed by atoms with Crippen LogP contribution in [-0.2, 0) is 9.53 Å². The third-order valence-corrected chi connectivity index (χ3v) is 5.98. The van der Waals surface area contributed by atoms with Crippen molar-refractivity contribution in [3.05, 3.63) is 29.8 Å². The van der Waals surface area contributed by atoms with Crippen molar-refractivity contribution < 1.29 is 14.3 Å². The Morgan fingerprint density at radius 2 is 1.69 bits per heavy atom. The number of nitrogens with zero attached hydrogens (tertiary/aromatic N) is 2. The Morgan fingerprint density at radius 1 is 1.03 bits per heavy atom. The van der Waals surface area contributed by atoms with Crippen LogP contribution in [0.3, 0.4) is 0 Å². The molecule has 0 unspecified atom stereocenters. The molecule has 2 aliphatic heterocycles. The molecule has 0 aromatic heterocycles. The molecule has 1 aromatic carbocycles. The van der Waals surface area contributed by atoms with E-state index in [1.54, 1.807) is 19.1 Å². The molecule has 6 nitrogen and oxygen atoms in total. The van der Waals surface area contributed by atoms with E-state index in [0.717, 1.165) is 51.0 Å². The quantitative estimate of drug-likeness (QED) is 0.596. The first kappa shape index (κ1) is 21.6. The summed E-state index contributed by atoms with van der Waals surface area (Å²) in [5.74, 6) is -0.0153. The molecule has 2 fully saturated rings. The summed E-state index contributed by atoms with van der Waals surface area (Å²) in [4.78, 5) is 28.9. The first-order chi connectivity index (χ1) is 14.1. The monoisotopic (exact) mass is 417 g/mol. The molecule has 1 N–H and O–H groups in total. The van der Waals surface area contributed by atoms with E-state index in [1.165, 1.54) is 12.8 Å². The molecule has 1 atom stereocenters. The number of anilines is 1. The summed E-state index contributed by atoms with van der Waals surface area (Å²) >= 11 is 5.60.